The van der Waals surface area contributed by atoms with E-state index < -0.39 is 30.0 Å². The first-order valence-corrected chi connectivity index (χ1v) is 7.70. The van der Waals surface area contributed by atoms with E-state index in [2.05, 4.69) is 10.6 Å². The Balaban J connectivity index is 1.78. The molecule has 0 fully saturated rings. The molecule has 2 N–H and O–H groups in total. The third-order valence-corrected chi connectivity index (χ3v) is 3.43. The van der Waals surface area contributed by atoms with Crippen molar-refractivity contribution in [2.75, 3.05) is 18.5 Å². The molecule has 2 aromatic carbocycles. The van der Waals surface area contributed by atoms with E-state index in [9.17, 15) is 18.4 Å². The Morgan fingerprint density at radius 1 is 1.04 bits per heavy atom. The van der Waals surface area contributed by atoms with Crippen LogP contribution in [0.3, 0.4) is 0 Å². The van der Waals surface area contributed by atoms with Crippen LogP contribution in [0.15, 0.2) is 36.4 Å². The first-order chi connectivity index (χ1) is 11.8. The Kier molecular flexibility index (Phi) is 6.55. The zero-order valence-electron chi connectivity index (χ0n) is 12.6. The lowest BCUT2D eigenvalue weighted by molar-refractivity contribution is -0.125. The molecule has 0 heterocycles. The highest BCUT2D eigenvalue weighted by molar-refractivity contribution is 6.35. The van der Waals surface area contributed by atoms with Gasteiger partial charge in [-0.15, -0.1) is 0 Å². The van der Waals surface area contributed by atoms with Gasteiger partial charge in [-0.3, -0.25) is 9.59 Å². The number of ether oxygens (including phenoxy) is 1. The van der Waals surface area contributed by atoms with Crippen LogP contribution in [0.1, 0.15) is 0 Å². The quantitative estimate of drug-likeness (QED) is 0.796. The van der Waals surface area contributed by atoms with Crippen LogP contribution in [-0.4, -0.2) is 25.0 Å². The summed E-state index contributed by atoms with van der Waals surface area (Å²) in [5.74, 6) is -2.68. The van der Waals surface area contributed by atoms with E-state index >= 15 is 0 Å². The Hall–Kier alpha value is -2.38. The number of hydrogen-bond acceptors (Lipinski definition) is 3. The van der Waals surface area contributed by atoms with E-state index in [0.717, 1.165) is 12.1 Å². The summed E-state index contributed by atoms with van der Waals surface area (Å²) in [6, 6.07) is 7.23. The summed E-state index contributed by atoms with van der Waals surface area (Å²) in [5, 5.41) is 5.17. The Labute approximate surface area is 151 Å². The smallest absolute Gasteiger partial charge is 0.258 e. The summed E-state index contributed by atoms with van der Waals surface area (Å²) in [5.41, 5.74) is -0.190. The molecule has 2 rings (SSSR count). The van der Waals surface area contributed by atoms with Gasteiger partial charge in [0, 0.05) is 11.1 Å². The van der Waals surface area contributed by atoms with E-state index in [1.165, 1.54) is 12.1 Å². The summed E-state index contributed by atoms with van der Waals surface area (Å²) < 4.78 is 31.4. The molecule has 0 saturated carbocycles. The van der Waals surface area contributed by atoms with Crippen molar-refractivity contribution in [3.8, 4) is 5.75 Å². The fourth-order valence-corrected chi connectivity index (χ4v) is 2.21. The van der Waals surface area contributed by atoms with Gasteiger partial charge in [0.05, 0.1) is 17.3 Å². The lowest BCUT2D eigenvalue weighted by Crippen LogP contribution is -2.35. The lowest BCUT2D eigenvalue weighted by Gasteiger charge is -2.10. The molecule has 132 valence electrons. The van der Waals surface area contributed by atoms with Crippen molar-refractivity contribution in [3.05, 3.63) is 58.1 Å². The van der Waals surface area contributed by atoms with E-state index in [0.29, 0.717) is 11.1 Å². The van der Waals surface area contributed by atoms with Gasteiger partial charge in [0.25, 0.3) is 5.91 Å². The van der Waals surface area contributed by atoms with Crippen molar-refractivity contribution >= 4 is 40.7 Å². The van der Waals surface area contributed by atoms with Crippen molar-refractivity contribution in [3.63, 3.8) is 0 Å². The Morgan fingerprint density at radius 2 is 1.80 bits per heavy atom. The van der Waals surface area contributed by atoms with Gasteiger partial charge in [0.2, 0.25) is 5.91 Å². The maximum absolute atomic E-state index is 13.4. The number of benzene rings is 2. The van der Waals surface area contributed by atoms with Crippen LogP contribution in [0, 0.1) is 11.6 Å². The van der Waals surface area contributed by atoms with Crippen LogP contribution in [-0.2, 0) is 9.59 Å². The highest BCUT2D eigenvalue weighted by Crippen LogP contribution is 2.27. The average molecular weight is 389 g/mol. The molecule has 2 aromatic rings. The molecule has 25 heavy (non-hydrogen) atoms. The topological polar surface area (TPSA) is 67.4 Å². The standard InChI is InChI=1S/C16H12Cl2F2N2O3/c17-9-1-4-14(11(18)5-9)25-8-16(24)21-7-15(23)22-13-3-2-10(19)6-12(13)20/h1-6H,7-8H2,(H,21,24)(H,22,23). The van der Waals surface area contributed by atoms with Crippen LogP contribution >= 0.6 is 23.2 Å². The lowest BCUT2D eigenvalue weighted by atomic mass is 10.3. The number of hydrogen-bond donors (Lipinski definition) is 2. The number of halogens is 4. The molecule has 0 bridgehead atoms. The SMILES string of the molecule is O=C(COc1ccc(Cl)cc1Cl)NCC(=O)Nc1ccc(F)cc1F. The van der Waals surface area contributed by atoms with E-state index in [-0.39, 0.29) is 23.1 Å². The predicted molar refractivity (Wildman–Crippen MR) is 90.0 cm³/mol. The maximum atomic E-state index is 13.4. The van der Waals surface area contributed by atoms with Gasteiger partial charge >= 0.3 is 0 Å². The molecule has 0 spiro atoms. The molecule has 0 saturated heterocycles. The number of carbonyl (C=O) groups is 2. The molecule has 0 atom stereocenters. The second-order valence-electron chi connectivity index (χ2n) is 4.81. The van der Waals surface area contributed by atoms with Gasteiger partial charge in [-0.05, 0) is 30.3 Å². The average Bonchev–Trinajstić information content (AvgIpc) is 2.55. The van der Waals surface area contributed by atoms with Crippen LogP contribution in [0.4, 0.5) is 14.5 Å². The van der Waals surface area contributed by atoms with E-state index in [4.69, 9.17) is 27.9 Å². The molecule has 0 aromatic heterocycles. The van der Waals surface area contributed by atoms with Crippen LogP contribution in [0.2, 0.25) is 10.0 Å². The summed E-state index contributed by atoms with van der Waals surface area (Å²) in [4.78, 5) is 23.3. The molecular formula is C16H12Cl2F2N2O3. The monoisotopic (exact) mass is 388 g/mol. The molecule has 0 aliphatic rings. The maximum Gasteiger partial charge on any atom is 0.258 e. The van der Waals surface area contributed by atoms with Crippen molar-refractivity contribution in [2.45, 2.75) is 0 Å². The van der Waals surface area contributed by atoms with E-state index in [1.54, 1.807) is 6.07 Å². The van der Waals surface area contributed by atoms with Crippen molar-refractivity contribution in [2.24, 2.45) is 0 Å². The fraction of sp³-hybridized carbons (Fsp3) is 0.125. The first kappa shape index (κ1) is 19.0. The van der Waals surface area contributed by atoms with E-state index in [1.807, 2.05) is 0 Å². The predicted octanol–water partition coefficient (Wildman–Crippen LogP) is 3.41. The Bertz CT molecular complexity index is 803. The molecule has 5 nitrogen and oxygen atoms in total. The number of carbonyl (C=O) groups excluding carboxylic acids is 2. The zero-order valence-corrected chi connectivity index (χ0v) is 14.1. The highest BCUT2D eigenvalue weighted by atomic mass is 35.5. The Morgan fingerprint density at radius 3 is 2.48 bits per heavy atom. The van der Waals surface area contributed by atoms with Gasteiger partial charge in [-0.25, -0.2) is 8.78 Å². The molecule has 0 aliphatic carbocycles. The number of rotatable bonds is 6. The number of amides is 2. The van der Waals surface area contributed by atoms with Gasteiger partial charge in [-0.1, -0.05) is 23.2 Å². The largest absolute Gasteiger partial charge is 0.482 e. The summed E-state index contributed by atoms with van der Waals surface area (Å²) in [6.45, 7) is -0.785. The molecule has 9 heteroatoms. The van der Waals surface area contributed by atoms with Crippen molar-refractivity contribution in [1.29, 1.82) is 0 Å². The highest BCUT2D eigenvalue weighted by Gasteiger charge is 2.11. The number of anilines is 1. The van der Waals surface area contributed by atoms with Crippen LogP contribution < -0.4 is 15.4 Å². The number of nitrogens with one attached hydrogen (secondary N) is 2. The van der Waals surface area contributed by atoms with Gasteiger partial charge in [0.1, 0.15) is 17.4 Å². The van der Waals surface area contributed by atoms with Gasteiger partial charge < -0.3 is 15.4 Å². The zero-order chi connectivity index (χ0) is 18.4. The molecule has 0 unspecified atom stereocenters. The normalized spacial score (nSPS) is 10.2. The summed E-state index contributed by atoms with van der Waals surface area (Å²) in [6.07, 6.45) is 0. The molecule has 0 radical (unpaired) electrons. The third-order valence-electron chi connectivity index (χ3n) is 2.90. The second-order valence-corrected chi connectivity index (χ2v) is 5.66. The van der Waals surface area contributed by atoms with Crippen LogP contribution in [0.25, 0.3) is 0 Å². The minimum Gasteiger partial charge on any atom is -0.482 e. The minimum absolute atomic E-state index is 0.190. The fourth-order valence-electron chi connectivity index (χ4n) is 1.75. The second kappa shape index (κ2) is 8.64. The minimum atomic E-state index is -0.916. The first-order valence-electron chi connectivity index (χ1n) is 6.94. The van der Waals surface area contributed by atoms with Crippen molar-refractivity contribution in [1.82, 2.24) is 5.32 Å². The van der Waals surface area contributed by atoms with Crippen molar-refractivity contribution < 1.29 is 23.1 Å². The summed E-state index contributed by atoms with van der Waals surface area (Å²) in [7, 11) is 0. The molecule has 0 aliphatic heterocycles. The molecular weight excluding hydrogens is 377 g/mol. The van der Waals surface area contributed by atoms with Crippen LogP contribution in [0.5, 0.6) is 5.75 Å². The van der Waals surface area contributed by atoms with Gasteiger partial charge in [-0.2, -0.15) is 0 Å². The summed E-state index contributed by atoms with van der Waals surface area (Å²) >= 11 is 11.6. The third kappa shape index (κ3) is 5.88. The molecule has 2 amide bonds. The van der Waals surface area contributed by atoms with Gasteiger partial charge in [0.15, 0.2) is 6.61 Å².